The lowest BCUT2D eigenvalue weighted by Gasteiger charge is -2.07. The minimum absolute atomic E-state index is 0.419. The van der Waals surface area contributed by atoms with Crippen LogP contribution in [0.1, 0.15) is 11.1 Å². The van der Waals surface area contributed by atoms with Crippen molar-refractivity contribution in [2.45, 2.75) is 13.8 Å². The van der Waals surface area contributed by atoms with Gasteiger partial charge in [-0.15, -0.1) is 0 Å². The van der Waals surface area contributed by atoms with Crippen LogP contribution < -0.4 is 4.74 Å². The van der Waals surface area contributed by atoms with Crippen molar-refractivity contribution in [2.24, 2.45) is 0 Å². The van der Waals surface area contributed by atoms with Gasteiger partial charge in [0.15, 0.2) is 6.39 Å². The molecule has 0 amide bonds. The van der Waals surface area contributed by atoms with Crippen LogP contribution in [0.4, 0.5) is 0 Å². The summed E-state index contributed by atoms with van der Waals surface area (Å²) in [6.07, 6.45) is 2.90. The molecular weight excluding hydrogens is 178 g/mol. The van der Waals surface area contributed by atoms with E-state index in [2.05, 4.69) is 4.98 Å². The third-order valence-electron chi connectivity index (χ3n) is 2.02. The number of hydrogen-bond donors (Lipinski definition) is 0. The van der Waals surface area contributed by atoms with Crippen LogP contribution in [0.25, 0.3) is 0 Å². The van der Waals surface area contributed by atoms with Crippen molar-refractivity contribution in [1.29, 1.82) is 0 Å². The molecule has 2 rings (SSSR count). The minimum atomic E-state index is 0.419. The zero-order valence-corrected chi connectivity index (χ0v) is 8.15. The lowest BCUT2D eigenvalue weighted by atomic mass is 10.1. The zero-order valence-electron chi connectivity index (χ0n) is 8.15. The van der Waals surface area contributed by atoms with E-state index in [1.807, 2.05) is 32.0 Å². The summed E-state index contributed by atoms with van der Waals surface area (Å²) in [6, 6.07) is 6.00. The number of para-hydroxylation sites is 1. The molecule has 1 heterocycles. The normalized spacial score (nSPS) is 10.1. The minimum Gasteiger partial charge on any atom is -0.424 e. The van der Waals surface area contributed by atoms with Gasteiger partial charge < -0.3 is 9.15 Å². The summed E-state index contributed by atoms with van der Waals surface area (Å²) in [7, 11) is 0. The molecule has 72 valence electrons. The number of aromatic nitrogens is 1. The molecule has 0 aliphatic heterocycles. The second kappa shape index (κ2) is 3.54. The van der Waals surface area contributed by atoms with Gasteiger partial charge in [-0.1, -0.05) is 18.2 Å². The Kier molecular flexibility index (Phi) is 2.23. The highest BCUT2D eigenvalue weighted by Crippen LogP contribution is 2.27. The number of ether oxygens (including phenoxy) is 1. The summed E-state index contributed by atoms with van der Waals surface area (Å²) in [5.74, 6) is 1.26. The van der Waals surface area contributed by atoms with Crippen LogP contribution in [-0.4, -0.2) is 4.98 Å². The molecule has 2 aromatic rings. The summed E-state index contributed by atoms with van der Waals surface area (Å²) in [4.78, 5) is 3.79. The second-order valence-electron chi connectivity index (χ2n) is 3.14. The molecular formula is C11H11NO2. The summed E-state index contributed by atoms with van der Waals surface area (Å²) < 4.78 is 10.6. The van der Waals surface area contributed by atoms with Crippen LogP contribution in [0, 0.1) is 13.8 Å². The summed E-state index contributed by atoms with van der Waals surface area (Å²) in [5.41, 5.74) is 2.17. The van der Waals surface area contributed by atoms with E-state index in [-0.39, 0.29) is 0 Å². The van der Waals surface area contributed by atoms with E-state index in [9.17, 15) is 0 Å². The molecule has 0 atom stereocenters. The largest absolute Gasteiger partial charge is 0.424 e. The SMILES string of the molecule is Cc1cccc(C)c1Oc1cnco1. The van der Waals surface area contributed by atoms with Crippen molar-refractivity contribution in [2.75, 3.05) is 0 Å². The Morgan fingerprint density at radius 3 is 2.50 bits per heavy atom. The summed E-state index contributed by atoms with van der Waals surface area (Å²) >= 11 is 0. The first-order chi connectivity index (χ1) is 6.77. The molecule has 0 bridgehead atoms. The molecule has 0 spiro atoms. The maximum absolute atomic E-state index is 5.55. The molecule has 3 heteroatoms. The number of aryl methyl sites for hydroxylation is 2. The third kappa shape index (κ3) is 1.62. The van der Waals surface area contributed by atoms with Crippen LogP contribution in [-0.2, 0) is 0 Å². The lowest BCUT2D eigenvalue weighted by Crippen LogP contribution is -1.89. The zero-order chi connectivity index (χ0) is 9.97. The van der Waals surface area contributed by atoms with E-state index in [0.717, 1.165) is 16.9 Å². The monoisotopic (exact) mass is 189 g/mol. The highest BCUT2D eigenvalue weighted by Gasteiger charge is 2.06. The average molecular weight is 189 g/mol. The van der Waals surface area contributed by atoms with Crippen molar-refractivity contribution in [3.63, 3.8) is 0 Å². The molecule has 14 heavy (non-hydrogen) atoms. The van der Waals surface area contributed by atoms with Gasteiger partial charge >= 0.3 is 5.95 Å². The van der Waals surface area contributed by atoms with Crippen molar-refractivity contribution in [1.82, 2.24) is 4.98 Å². The molecule has 0 saturated carbocycles. The van der Waals surface area contributed by atoms with Gasteiger partial charge in [-0.2, -0.15) is 0 Å². The standard InChI is InChI=1S/C11H11NO2/c1-8-4-3-5-9(2)11(8)14-10-6-12-7-13-10/h3-7H,1-2H3. The van der Waals surface area contributed by atoms with E-state index in [4.69, 9.17) is 9.15 Å². The molecule has 0 unspecified atom stereocenters. The van der Waals surface area contributed by atoms with E-state index in [1.165, 1.54) is 6.39 Å². The highest BCUT2D eigenvalue weighted by molar-refractivity contribution is 5.41. The summed E-state index contributed by atoms with van der Waals surface area (Å²) in [6.45, 7) is 4.00. The van der Waals surface area contributed by atoms with E-state index in [1.54, 1.807) is 6.20 Å². The van der Waals surface area contributed by atoms with E-state index >= 15 is 0 Å². The van der Waals surface area contributed by atoms with Gasteiger partial charge in [-0.05, 0) is 25.0 Å². The van der Waals surface area contributed by atoms with Crippen molar-refractivity contribution >= 4 is 0 Å². The van der Waals surface area contributed by atoms with Crippen molar-refractivity contribution in [3.05, 3.63) is 41.9 Å². The Bertz CT molecular complexity index is 401. The van der Waals surface area contributed by atoms with Crippen molar-refractivity contribution < 1.29 is 9.15 Å². The Hall–Kier alpha value is -1.77. The molecule has 0 saturated heterocycles. The van der Waals surface area contributed by atoms with Crippen LogP contribution in [0.5, 0.6) is 11.7 Å². The molecule has 1 aromatic carbocycles. The average Bonchev–Trinajstić information content (AvgIpc) is 2.64. The van der Waals surface area contributed by atoms with Crippen molar-refractivity contribution in [3.8, 4) is 11.7 Å². The molecule has 0 fully saturated rings. The number of nitrogens with zero attached hydrogens (tertiary/aromatic N) is 1. The maximum Gasteiger partial charge on any atom is 0.310 e. The van der Waals surface area contributed by atoms with Gasteiger partial charge in [0.05, 0.1) is 0 Å². The predicted molar refractivity (Wildman–Crippen MR) is 52.5 cm³/mol. The van der Waals surface area contributed by atoms with Crippen LogP contribution in [0.2, 0.25) is 0 Å². The Balaban J connectivity index is 2.33. The first-order valence-corrected chi connectivity index (χ1v) is 4.40. The topological polar surface area (TPSA) is 35.3 Å². The van der Waals surface area contributed by atoms with Gasteiger partial charge in [-0.25, -0.2) is 4.98 Å². The van der Waals surface area contributed by atoms with Gasteiger partial charge in [0.2, 0.25) is 0 Å². The molecule has 1 aromatic heterocycles. The second-order valence-corrected chi connectivity index (χ2v) is 3.14. The fourth-order valence-corrected chi connectivity index (χ4v) is 1.32. The first-order valence-electron chi connectivity index (χ1n) is 4.40. The molecule has 0 N–H and O–H groups in total. The first kappa shape index (κ1) is 8.81. The number of hydrogen-bond acceptors (Lipinski definition) is 3. The molecule has 0 aliphatic carbocycles. The fourth-order valence-electron chi connectivity index (χ4n) is 1.32. The number of oxazole rings is 1. The Labute approximate surface area is 82.3 Å². The highest BCUT2D eigenvalue weighted by atomic mass is 16.6. The molecule has 3 nitrogen and oxygen atoms in total. The van der Waals surface area contributed by atoms with Crippen LogP contribution in [0.15, 0.2) is 35.2 Å². The third-order valence-corrected chi connectivity index (χ3v) is 2.02. The Morgan fingerprint density at radius 2 is 1.93 bits per heavy atom. The fraction of sp³-hybridized carbons (Fsp3) is 0.182. The van der Waals surface area contributed by atoms with Crippen LogP contribution >= 0.6 is 0 Å². The van der Waals surface area contributed by atoms with E-state index in [0.29, 0.717) is 5.95 Å². The van der Waals surface area contributed by atoms with Gasteiger partial charge in [0.1, 0.15) is 11.9 Å². The van der Waals surface area contributed by atoms with Crippen LogP contribution in [0.3, 0.4) is 0 Å². The Morgan fingerprint density at radius 1 is 1.21 bits per heavy atom. The van der Waals surface area contributed by atoms with Gasteiger partial charge in [0.25, 0.3) is 0 Å². The number of rotatable bonds is 2. The quantitative estimate of drug-likeness (QED) is 0.728. The molecule has 0 aliphatic rings. The lowest BCUT2D eigenvalue weighted by molar-refractivity contribution is 0.342. The maximum atomic E-state index is 5.55. The van der Waals surface area contributed by atoms with Gasteiger partial charge in [-0.3, -0.25) is 0 Å². The van der Waals surface area contributed by atoms with E-state index < -0.39 is 0 Å². The number of benzene rings is 1. The predicted octanol–water partition coefficient (Wildman–Crippen LogP) is 3.08. The molecule has 0 radical (unpaired) electrons. The smallest absolute Gasteiger partial charge is 0.310 e. The van der Waals surface area contributed by atoms with Gasteiger partial charge in [0, 0.05) is 0 Å². The summed E-state index contributed by atoms with van der Waals surface area (Å²) in [5, 5.41) is 0.